The van der Waals surface area contributed by atoms with Crippen LogP contribution >= 0.6 is 0 Å². The van der Waals surface area contributed by atoms with Crippen LogP contribution in [0.4, 0.5) is 0 Å². The summed E-state index contributed by atoms with van der Waals surface area (Å²) < 4.78 is 8.70. The molecule has 0 unspecified atom stereocenters. The number of benzene rings is 7. The maximum Gasteiger partial charge on any atom is 0.238 e. The van der Waals surface area contributed by atoms with Gasteiger partial charge in [0.2, 0.25) is 5.95 Å². The topological polar surface area (TPSA) is 56.7 Å². The van der Waals surface area contributed by atoms with Crippen molar-refractivity contribution in [2.45, 2.75) is 0 Å². The molecule has 10 heteroatoms. The van der Waals surface area contributed by atoms with E-state index >= 15 is 0 Å². The van der Waals surface area contributed by atoms with E-state index in [1.165, 1.54) is 38.1 Å². The van der Waals surface area contributed by atoms with Crippen molar-refractivity contribution in [2.24, 2.45) is 0 Å². The molecule has 3 heterocycles. The molecule has 244 valence electrons. The Hall–Kier alpha value is -6.27. The Morgan fingerprint density at radius 3 is 1.79 bits per heavy atom. The van der Waals surface area contributed by atoms with E-state index < -0.39 is 0 Å². The summed E-state index contributed by atoms with van der Waals surface area (Å²) in [6.07, 6.45) is 0. The maximum atomic E-state index is 6.51. The number of rotatable bonds is 4. The van der Waals surface area contributed by atoms with E-state index in [1.807, 2.05) is 12.1 Å². The fraction of sp³-hybridized carbons (Fsp3) is 0. The molecule has 0 radical (unpaired) electrons. The highest BCUT2D eigenvalue weighted by Gasteiger charge is 2.23. The second-order valence-corrected chi connectivity index (χ2v) is 14.2. The van der Waals surface area contributed by atoms with E-state index in [0.717, 1.165) is 66.0 Å². The van der Waals surface area contributed by atoms with Crippen LogP contribution in [0.1, 0.15) is 0 Å². The van der Waals surface area contributed by atoms with Crippen LogP contribution in [-0.2, 0) is 0 Å². The van der Waals surface area contributed by atoms with Crippen molar-refractivity contribution in [3.05, 3.63) is 127 Å². The van der Waals surface area contributed by atoms with Crippen LogP contribution in [0.3, 0.4) is 0 Å². The molecule has 0 spiro atoms. The van der Waals surface area contributed by atoms with Crippen LogP contribution in [0, 0.1) is 0 Å². The first-order valence-corrected chi connectivity index (χ1v) is 18.1. The van der Waals surface area contributed by atoms with Crippen LogP contribution in [0.2, 0.25) is 0 Å². The number of para-hydroxylation sites is 2. The minimum Gasteiger partial charge on any atom is -0.456 e. The highest BCUT2D eigenvalue weighted by Crippen LogP contribution is 2.39. The maximum absolute atomic E-state index is 6.51. The number of hydrogen-bond acceptors (Lipinski definition) is 4. The molecule has 5 nitrogen and oxygen atoms in total. The van der Waals surface area contributed by atoms with Crippen LogP contribution in [-0.4, -0.2) is 58.8 Å². The lowest BCUT2D eigenvalue weighted by atomic mass is 9.60. The van der Waals surface area contributed by atoms with Gasteiger partial charge in [0.25, 0.3) is 0 Å². The molecule has 53 heavy (non-hydrogen) atoms. The first-order valence-electron chi connectivity index (χ1n) is 18.1. The van der Waals surface area contributed by atoms with Gasteiger partial charge in [-0.25, -0.2) is 4.98 Å². The van der Waals surface area contributed by atoms with E-state index in [9.17, 15) is 0 Å². The van der Waals surface area contributed by atoms with E-state index in [1.54, 1.807) is 0 Å². The van der Waals surface area contributed by atoms with Crippen LogP contribution in [0.5, 0.6) is 0 Å². The predicted molar refractivity (Wildman–Crippen MR) is 236 cm³/mol. The third-order valence-corrected chi connectivity index (χ3v) is 11.4. The highest BCUT2D eigenvalue weighted by molar-refractivity contribution is 6.68. The van der Waals surface area contributed by atoms with Gasteiger partial charge in [-0.1, -0.05) is 102 Å². The lowest BCUT2D eigenvalue weighted by Crippen LogP contribution is -2.55. The molecule has 10 aromatic rings. The average molecular weight is 674 g/mol. The van der Waals surface area contributed by atoms with Gasteiger partial charge in [-0.15, -0.1) is 16.4 Å². The normalized spacial score (nSPS) is 11.8. The third-order valence-electron chi connectivity index (χ3n) is 11.4. The minimum atomic E-state index is 0.582. The smallest absolute Gasteiger partial charge is 0.238 e. The van der Waals surface area contributed by atoms with Gasteiger partial charge in [0.05, 0.1) is 11.0 Å². The van der Waals surface area contributed by atoms with Crippen LogP contribution in [0.25, 0.3) is 94.4 Å². The molecule has 0 N–H and O–H groups in total. The summed E-state index contributed by atoms with van der Waals surface area (Å²) in [6.45, 7) is 0. The van der Waals surface area contributed by atoms with Crippen molar-refractivity contribution in [3.63, 3.8) is 0 Å². The molecule has 3 aromatic heterocycles. The van der Waals surface area contributed by atoms with Crippen LogP contribution in [0.15, 0.2) is 132 Å². The zero-order valence-corrected chi connectivity index (χ0v) is 30.3. The summed E-state index contributed by atoms with van der Waals surface area (Å²) in [5.41, 5.74) is 14.1. The molecule has 0 atom stereocenters. The van der Waals surface area contributed by atoms with Gasteiger partial charge < -0.3 is 4.42 Å². The lowest BCUT2D eigenvalue weighted by Gasteiger charge is -2.20. The van der Waals surface area contributed by atoms with Gasteiger partial charge in [0.1, 0.15) is 50.4 Å². The molecule has 0 aliphatic heterocycles. The van der Waals surface area contributed by atoms with E-state index in [4.69, 9.17) is 19.4 Å². The van der Waals surface area contributed by atoms with Crippen molar-refractivity contribution in [2.75, 3.05) is 0 Å². The Morgan fingerprint density at radius 1 is 0.453 bits per heavy atom. The number of fused-ring (bicyclic) bond motifs is 7. The molecule has 0 saturated heterocycles. The van der Waals surface area contributed by atoms with Gasteiger partial charge >= 0.3 is 0 Å². The largest absolute Gasteiger partial charge is 0.456 e. The zero-order chi connectivity index (χ0) is 36.0. The molecule has 0 aliphatic rings. The fourth-order valence-electron chi connectivity index (χ4n) is 8.23. The average Bonchev–Trinajstić information content (AvgIpc) is 3.75. The van der Waals surface area contributed by atoms with Gasteiger partial charge in [0, 0.05) is 32.7 Å². The van der Waals surface area contributed by atoms with Gasteiger partial charge in [-0.05, 0) is 58.3 Å². The van der Waals surface area contributed by atoms with Gasteiger partial charge in [-0.2, -0.15) is 9.97 Å². The lowest BCUT2D eigenvalue weighted by molar-refractivity contribution is 0.669. The Bertz CT molecular complexity index is 3070. The second kappa shape index (κ2) is 11.9. The highest BCUT2D eigenvalue weighted by atomic mass is 16.3. The summed E-state index contributed by atoms with van der Waals surface area (Å²) >= 11 is 0. The fourth-order valence-corrected chi connectivity index (χ4v) is 8.23. The standard InChI is InChI=1S/C43H31B5N4O/c44-36-35(37(45)39(47)40(48)38(36)46)42-49-41(50-43(51-42)52-30-13-5-3-10-26(30)27-11-4-6-14-31(27)52)28-12-7-15-33-34(28)29-21-25(18-19-32(29)53-33)24-17-16-22-8-1-2-9-23(22)20-24/h1-21H,44-48H2. The van der Waals surface area contributed by atoms with E-state index in [-0.39, 0.29) is 0 Å². The van der Waals surface area contributed by atoms with Crippen molar-refractivity contribution in [3.8, 4) is 39.9 Å². The minimum absolute atomic E-state index is 0.582. The molecule has 10 rings (SSSR count). The molecule has 0 amide bonds. The van der Waals surface area contributed by atoms with Gasteiger partial charge in [0.15, 0.2) is 11.6 Å². The van der Waals surface area contributed by atoms with Crippen molar-refractivity contribution in [1.82, 2.24) is 19.5 Å². The molecule has 7 aromatic carbocycles. The molecular formula is C43H31B5N4O. The Balaban J connectivity index is 1.27. The summed E-state index contributed by atoms with van der Waals surface area (Å²) in [5, 5.41) is 6.76. The van der Waals surface area contributed by atoms with Crippen molar-refractivity contribution >= 4 is 121 Å². The molecular weight excluding hydrogens is 643 g/mol. The van der Waals surface area contributed by atoms with E-state index in [2.05, 4.69) is 159 Å². The molecule has 0 fully saturated rings. The zero-order valence-electron chi connectivity index (χ0n) is 30.3. The monoisotopic (exact) mass is 674 g/mol. The molecule has 0 aliphatic carbocycles. The van der Waals surface area contributed by atoms with Crippen molar-refractivity contribution in [1.29, 1.82) is 0 Å². The Morgan fingerprint density at radius 2 is 1.06 bits per heavy atom. The third kappa shape index (κ3) is 4.82. The summed E-state index contributed by atoms with van der Waals surface area (Å²) in [6, 6.07) is 44.7. The number of nitrogens with zero attached hydrogens (tertiary/aromatic N) is 4. The number of hydrogen-bond donors (Lipinski definition) is 0. The summed E-state index contributed by atoms with van der Waals surface area (Å²) in [7, 11) is 11.0. The first kappa shape index (κ1) is 31.5. The predicted octanol–water partition coefficient (Wildman–Crippen LogP) is 2.31. The quantitative estimate of drug-likeness (QED) is 0.270. The molecule has 0 saturated carbocycles. The van der Waals surface area contributed by atoms with Crippen LogP contribution < -0.4 is 27.3 Å². The second-order valence-electron chi connectivity index (χ2n) is 14.2. The number of furan rings is 1. The summed E-state index contributed by atoms with van der Waals surface area (Å²) in [4.78, 5) is 16.0. The van der Waals surface area contributed by atoms with E-state index in [0.29, 0.717) is 17.6 Å². The molecule has 0 bridgehead atoms. The SMILES string of the molecule is Bc1c(B)c(B)c(-c2nc(-c3cccc4oc5ccc(-c6ccc7ccccc7c6)cc5c34)nc(-n3c4ccccc4c4ccccc43)n2)c(B)c1B. The Labute approximate surface area is 311 Å². The first-order chi connectivity index (χ1) is 25.9. The van der Waals surface area contributed by atoms with Gasteiger partial charge in [-0.3, -0.25) is 4.57 Å². The Kier molecular flexibility index (Phi) is 7.06. The number of aromatic nitrogens is 4. The van der Waals surface area contributed by atoms with Crippen molar-refractivity contribution < 1.29 is 4.42 Å². The summed E-state index contributed by atoms with van der Waals surface area (Å²) in [5.74, 6) is 1.85.